The van der Waals surface area contributed by atoms with E-state index in [9.17, 15) is 39.4 Å². The molecule has 2 aromatic heterocycles. The molecule has 466 valence electrons. The van der Waals surface area contributed by atoms with Crippen molar-refractivity contribution in [3.63, 3.8) is 0 Å². The smallest absolute Gasteiger partial charge is 0.369 e. The van der Waals surface area contributed by atoms with Crippen LogP contribution in [0.4, 0.5) is 27.8 Å². The van der Waals surface area contributed by atoms with Crippen LogP contribution in [0.25, 0.3) is 32.0 Å². The summed E-state index contributed by atoms with van der Waals surface area (Å²) in [6.07, 6.45) is 0. The zero-order chi connectivity index (χ0) is 67.2. The maximum atomic E-state index is 15.5. The molecule has 96 heavy (non-hydrogen) atoms. The normalized spacial score (nSPS) is 14.7. The molecule has 26 heteroatoms. The SMILES string of the molecule is N#CC(C#N)=C1/C(=N/c2nc3c(s2)-c2cc4c(cc2OC3(C(=O)OCc2ccccc2)C(=O)OCc2ccccc2)-c2sc(/N=C3\C(=O)c5cc(F)c(F)cc5C3=C(C#N)C#N)nc2C(C(=O)OCc2ccccc2)(C(=O)OCc2ccccc2)O4)C(=O)c2cc(F)c(F)cc21. The van der Waals surface area contributed by atoms with E-state index < -0.39 is 174 Å². The molecule has 0 bridgehead atoms. The van der Waals surface area contributed by atoms with E-state index in [1.807, 2.05) is 0 Å². The first-order valence-electron chi connectivity index (χ1n) is 28.3. The predicted octanol–water partition coefficient (Wildman–Crippen LogP) is 12.2. The van der Waals surface area contributed by atoms with E-state index >= 15 is 28.0 Å². The summed E-state index contributed by atoms with van der Waals surface area (Å²) >= 11 is 1.11. The molecule has 0 saturated carbocycles. The number of halogens is 4. The zero-order valence-corrected chi connectivity index (χ0v) is 50.3. The summed E-state index contributed by atoms with van der Waals surface area (Å²) in [5.74, 6) is -14.6. The highest BCUT2D eigenvalue weighted by Gasteiger charge is 2.63. The predicted molar refractivity (Wildman–Crippen MR) is 330 cm³/mol. The molecule has 4 heterocycles. The molecule has 0 fully saturated rings. The summed E-state index contributed by atoms with van der Waals surface area (Å²) in [6, 6.07) is 44.2. The molecule has 9 aromatic rings. The molecule has 0 saturated heterocycles. The number of carbonyl (C=O) groups is 6. The van der Waals surface area contributed by atoms with Crippen LogP contribution in [-0.2, 0) is 75.8 Å². The zero-order valence-electron chi connectivity index (χ0n) is 48.6. The van der Waals surface area contributed by atoms with Gasteiger partial charge in [-0.1, -0.05) is 144 Å². The average Bonchev–Trinajstić information content (AvgIpc) is 1.33. The number of nitrogens with zero attached hydrogens (tertiary/aromatic N) is 8. The van der Waals surface area contributed by atoms with Gasteiger partial charge in [0.15, 0.2) is 23.3 Å². The Balaban J connectivity index is 1.06. The number of aromatic nitrogens is 2. The van der Waals surface area contributed by atoms with Crippen molar-refractivity contribution in [3.8, 4) is 56.7 Å². The standard InChI is InChI=1S/C70H34F4N8O12S2/c71-47-21-41-43(23-49(47)73)57(83)55(53(41)39(27-75)28-76)79-67-81-61-59(95-67)45-26-52-46(25-51(45)93-69(61,63(85)89-31-35-13-5-1-6-14-35)64(86)90-32-36-15-7-2-8-16-36)60-62(82-68(96-60)80-56-54(40(29-77)30-78)42-22-48(72)50(74)24-44(42)58(56)84)70(94-52,65(87)91-33-37-17-9-3-10-18-37)66(88)92-34-38-19-11-4-12-20-38/h1-26H,31-34H2/b79-55-,80-56-. The Morgan fingerprint density at radius 1 is 0.427 bits per heavy atom. The van der Waals surface area contributed by atoms with Gasteiger partial charge in [-0.2, -0.15) is 21.0 Å². The van der Waals surface area contributed by atoms with E-state index in [2.05, 4.69) is 20.0 Å². The summed E-state index contributed by atoms with van der Waals surface area (Å²) in [5, 5.41) is 39.6. The minimum absolute atomic E-state index is 0.160. The van der Waals surface area contributed by atoms with Gasteiger partial charge >= 0.3 is 35.1 Å². The van der Waals surface area contributed by atoms with E-state index in [1.165, 1.54) is 12.1 Å². The molecule has 20 nitrogen and oxygen atoms in total. The van der Waals surface area contributed by atoms with E-state index in [0.29, 0.717) is 69.2 Å². The number of nitriles is 4. The molecule has 0 spiro atoms. The maximum Gasteiger partial charge on any atom is 0.369 e. The molecule has 2 aliphatic carbocycles. The quantitative estimate of drug-likeness (QED) is 0.0321. The first kappa shape index (κ1) is 62.0. The summed E-state index contributed by atoms with van der Waals surface area (Å²) in [7, 11) is 0. The van der Waals surface area contributed by atoms with Gasteiger partial charge in [-0.25, -0.2) is 56.7 Å². The third-order valence-corrected chi connectivity index (χ3v) is 17.4. The summed E-state index contributed by atoms with van der Waals surface area (Å²) in [5.41, 5.74) is -11.8. The molecule has 7 aromatic carbocycles. The van der Waals surface area contributed by atoms with Crippen molar-refractivity contribution in [1.29, 1.82) is 21.0 Å². The number of carbonyl (C=O) groups excluding carboxylic acids is 6. The van der Waals surface area contributed by atoms with Crippen molar-refractivity contribution in [1.82, 2.24) is 9.97 Å². The average molecular weight is 1320 g/mol. The number of ketones is 2. The van der Waals surface area contributed by atoms with Gasteiger partial charge in [-0.05, 0) is 58.7 Å². The van der Waals surface area contributed by atoms with Crippen LogP contribution in [0.5, 0.6) is 11.5 Å². The fourth-order valence-corrected chi connectivity index (χ4v) is 12.9. The lowest BCUT2D eigenvalue weighted by molar-refractivity contribution is -0.185. The van der Waals surface area contributed by atoms with Gasteiger partial charge < -0.3 is 28.4 Å². The van der Waals surface area contributed by atoms with Crippen molar-refractivity contribution in [2.24, 2.45) is 9.98 Å². The van der Waals surface area contributed by atoms with Gasteiger partial charge in [0.05, 0.1) is 9.75 Å². The van der Waals surface area contributed by atoms with Crippen LogP contribution < -0.4 is 9.47 Å². The van der Waals surface area contributed by atoms with Gasteiger partial charge in [0.25, 0.3) is 0 Å². The van der Waals surface area contributed by atoms with Gasteiger partial charge in [0, 0.05) is 44.5 Å². The van der Waals surface area contributed by atoms with Crippen molar-refractivity contribution in [2.75, 3.05) is 0 Å². The van der Waals surface area contributed by atoms with E-state index in [-0.39, 0.29) is 32.0 Å². The van der Waals surface area contributed by atoms with Gasteiger partial charge in [-0.3, -0.25) is 9.59 Å². The Morgan fingerprint density at radius 3 is 0.990 bits per heavy atom. The number of rotatable bonds is 14. The Labute approximate surface area is 546 Å². The third-order valence-electron chi connectivity index (χ3n) is 15.4. The highest BCUT2D eigenvalue weighted by molar-refractivity contribution is 7.19. The summed E-state index contributed by atoms with van der Waals surface area (Å²) in [6.45, 7) is -1.97. The van der Waals surface area contributed by atoms with Crippen molar-refractivity contribution >= 4 is 90.9 Å². The summed E-state index contributed by atoms with van der Waals surface area (Å²) < 4.78 is 97.0. The van der Waals surface area contributed by atoms with Crippen LogP contribution in [0.3, 0.4) is 0 Å². The van der Waals surface area contributed by atoms with Crippen LogP contribution in [0.1, 0.15) is 65.5 Å². The number of thiazole rings is 2. The number of ether oxygens (including phenoxy) is 6. The van der Waals surface area contributed by atoms with Gasteiger partial charge in [0.2, 0.25) is 21.8 Å². The Bertz CT molecular complexity index is 4740. The molecule has 0 amide bonds. The first-order valence-corrected chi connectivity index (χ1v) is 29.9. The minimum Gasteiger partial charge on any atom is -0.458 e. The first-order chi connectivity index (χ1) is 46.5. The Kier molecular flexibility index (Phi) is 16.1. The molecule has 0 unspecified atom stereocenters. The van der Waals surface area contributed by atoms with E-state index in [4.69, 9.17) is 28.4 Å². The minimum atomic E-state index is -3.14. The molecule has 13 rings (SSSR count). The van der Waals surface area contributed by atoms with Gasteiger partial charge in [0.1, 0.15) is 96.2 Å². The fourth-order valence-electron chi connectivity index (χ4n) is 10.9. The molecular weight excluding hydrogens is 1280 g/mol. The number of fused-ring (bicyclic) bond motifs is 8. The number of aliphatic imine (C=N–C) groups is 2. The van der Waals surface area contributed by atoms with Crippen LogP contribution in [0.15, 0.2) is 179 Å². The fraction of sp³-hybridized carbons (Fsp3) is 0.0857. The topological polar surface area (TPSA) is 303 Å². The Hall–Kier alpha value is -12.9. The second-order valence-electron chi connectivity index (χ2n) is 21.2. The van der Waals surface area contributed by atoms with Crippen molar-refractivity contribution in [2.45, 2.75) is 37.6 Å². The lowest BCUT2D eigenvalue weighted by atomic mass is 9.89. The number of Topliss-reactive ketones (excluding diaryl/α,β-unsaturated/α-hetero) is 2. The van der Waals surface area contributed by atoms with Crippen LogP contribution >= 0.6 is 22.7 Å². The third kappa shape index (κ3) is 10.7. The Morgan fingerprint density at radius 2 is 0.708 bits per heavy atom. The van der Waals surface area contributed by atoms with Crippen molar-refractivity contribution in [3.05, 3.63) is 248 Å². The lowest BCUT2D eigenvalue weighted by Crippen LogP contribution is -2.53. The molecule has 2 aliphatic heterocycles. The largest absolute Gasteiger partial charge is 0.458 e. The van der Waals surface area contributed by atoms with Crippen molar-refractivity contribution < 1.29 is 74.8 Å². The highest BCUT2D eigenvalue weighted by atomic mass is 32.1. The molecular formula is C70H34F4N8O12S2. The van der Waals surface area contributed by atoms with Crippen LogP contribution in [0.2, 0.25) is 0 Å². The van der Waals surface area contributed by atoms with Crippen LogP contribution in [0, 0.1) is 68.6 Å². The second-order valence-corrected chi connectivity index (χ2v) is 23.1. The molecule has 4 aliphatic rings. The van der Waals surface area contributed by atoms with E-state index in [0.717, 1.165) is 0 Å². The summed E-state index contributed by atoms with van der Waals surface area (Å²) in [4.78, 5) is 108. The second kappa shape index (κ2) is 25.0. The number of allylic oxidation sites excluding steroid dienone is 4. The molecule has 0 N–H and O–H groups in total. The van der Waals surface area contributed by atoms with E-state index in [1.54, 1.807) is 146 Å². The number of esters is 4. The maximum absolute atomic E-state index is 15.5. The van der Waals surface area contributed by atoms with Gasteiger partial charge in [-0.15, -0.1) is 0 Å². The molecule has 0 radical (unpaired) electrons. The molecule has 0 atom stereocenters. The number of benzene rings is 7. The van der Waals surface area contributed by atoms with Crippen LogP contribution in [-0.4, -0.2) is 56.8 Å². The lowest BCUT2D eigenvalue weighted by Gasteiger charge is -2.36. The number of hydrogen-bond acceptors (Lipinski definition) is 22. The highest BCUT2D eigenvalue weighted by Crippen LogP contribution is 2.58. The number of hydrogen-bond donors (Lipinski definition) is 0. The monoisotopic (exact) mass is 1320 g/mol.